The first-order valence-corrected chi connectivity index (χ1v) is 6.88. The number of ether oxygens (including phenoxy) is 1. The first-order chi connectivity index (χ1) is 9.84. The van der Waals surface area contributed by atoms with Crippen molar-refractivity contribution in [3.63, 3.8) is 0 Å². The average Bonchev–Trinajstić information content (AvgIpc) is 2.70. The van der Waals surface area contributed by atoms with Gasteiger partial charge in [0.25, 0.3) is 0 Å². The monoisotopic (exact) mass is 315 g/mol. The molecule has 1 aliphatic heterocycles. The molecular weight excluding hydrogens is 303 g/mol. The fourth-order valence-electron chi connectivity index (χ4n) is 1.81. The number of ketones is 1. The van der Waals surface area contributed by atoms with Crippen LogP contribution in [0.15, 0.2) is 40.5 Å². The van der Waals surface area contributed by atoms with Crippen LogP contribution in [0.25, 0.3) is 5.57 Å². The third-order valence-corrected chi connectivity index (χ3v) is 3.68. The maximum Gasteiger partial charge on any atom is 0.416 e. The van der Waals surface area contributed by atoms with Gasteiger partial charge in [0.2, 0.25) is 5.78 Å². The molecule has 3 nitrogen and oxygen atoms in total. The van der Waals surface area contributed by atoms with E-state index in [1.54, 1.807) is 6.92 Å². The van der Waals surface area contributed by atoms with E-state index < -0.39 is 17.5 Å². The van der Waals surface area contributed by atoms with E-state index in [1.807, 2.05) is 0 Å². The van der Waals surface area contributed by atoms with E-state index in [4.69, 9.17) is 10.5 Å². The van der Waals surface area contributed by atoms with Gasteiger partial charge >= 0.3 is 6.18 Å². The lowest BCUT2D eigenvalue weighted by atomic mass is 10.0. The standard InChI is InChI=1S/C14H12F3NO2S/c1-2-20-7-10-12(19)11(13(18)21-10)8-4-3-5-9(6-8)14(15,16)17/h3-7H,2,18H2,1H3/b10-7-. The van der Waals surface area contributed by atoms with Gasteiger partial charge in [0.15, 0.2) is 0 Å². The zero-order chi connectivity index (χ0) is 15.6. The van der Waals surface area contributed by atoms with Gasteiger partial charge in [-0.05, 0) is 24.6 Å². The van der Waals surface area contributed by atoms with E-state index in [-0.39, 0.29) is 21.1 Å². The third-order valence-electron chi connectivity index (χ3n) is 2.75. The molecule has 0 fully saturated rings. The smallest absolute Gasteiger partial charge is 0.416 e. The number of allylic oxidation sites excluding steroid dienone is 2. The van der Waals surface area contributed by atoms with Crippen LogP contribution in [0.3, 0.4) is 0 Å². The van der Waals surface area contributed by atoms with Gasteiger partial charge in [-0.2, -0.15) is 13.2 Å². The van der Waals surface area contributed by atoms with E-state index in [9.17, 15) is 18.0 Å². The summed E-state index contributed by atoms with van der Waals surface area (Å²) in [4.78, 5) is 12.5. The summed E-state index contributed by atoms with van der Waals surface area (Å²) in [5.41, 5.74) is 5.18. The number of carbonyl (C=O) groups excluding carboxylic acids is 1. The highest BCUT2D eigenvalue weighted by Crippen LogP contribution is 2.41. The topological polar surface area (TPSA) is 52.3 Å². The summed E-state index contributed by atoms with van der Waals surface area (Å²) < 4.78 is 43.2. The number of rotatable bonds is 3. The molecule has 2 rings (SSSR count). The fraction of sp³-hybridized carbons (Fsp3) is 0.214. The zero-order valence-electron chi connectivity index (χ0n) is 11.0. The highest BCUT2D eigenvalue weighted by atomic mass is 32.2. The quantitative estimate of drug-likeness (QED) is 0.685. The summed E-state index contributed by atoms with van der Waals surface area (Å²) in [7, 11) is 0. The number of halogens is 3. The molecule has 0 radical (unpaired) electrons. The number of benzene rings is 1. The largest absolute Gasteiger partial charge is 0.500 e. The summed E-state index contributed by atoms with van der Waals surface area (Å²) in [5.74, 6) is -0.426. The van der Waals surface area contributed by atoms with Crippen molar-refractivity contribution in [2.24, 2.45) is 5.73 Å². The van der Waals surface area contributed by atoms with Gasteiger partial charge in [-0.15, -0.1) is 0 Å². The highest BCUT2D eigenvalue weighted by molar-refractivity contribution is 8.08. The second-order valence-electron chi connectivity index (χ2n) is 4.19. The number of alkyl halides is 3. The van der Waals surface area contributed by atoms with Gasteiger partial charge in [-0.25, -0.2) is 0 Å². The number of Topliss-reactive ketones (excluding diaryl/α,β-unsaturated/α-hetero) is 1. The Hall–Kier alpha value is -1.89. The van der Waals surface area contributed by atoms with E-state index in [2.05, 4.69) is 0 Å². The van der Waals surface area contributed by atoms with Crippen molar-refractivity contribution in [1.29, 1.82) is 0 Å². The molecule has 0 spiro atoms. The molecule has 0 aromatic heterocycles. The molecular formula is C14H12F3NO2S. The minimum absolute atomic E-state index is 0.0806. The molecule has 1 aliphatic rings. The van der Waals surface area contributed by atoms with Crippen LogP contribution in [-0.2, 0) is 15.7 Å². The molecule has 1 aromatic carbocycles. The van der Waals surface area contributed by atoms with Crippen molar-refractivity contribution in [3.8, 4) is 0 Å². The van der Waals surface area contributed by atoms with Crippen molar-refractivity contribution >= 4 is 23.1 Å². The Morgan fingerprint density at radius 3 is 2.71 bits per heavy atom. The second-order valence-corrected chi connectivity index (χ2v) is 5.27. The van der Waals surface area contributed by atoms with E-state index in [0.717, 1.165) is 23.9 Å². The lowest BCUT2D eigenvalue weighted by Gasteiger charge is -2.09. The van der Waals surface area contributed by atoms with Crippen molar-refractivity contribution in [3.05, 3.63) is 51.6 Å². The van der Waals surface area contributed by atoms with Crippen LogP contribution in [0.2, 0.25) is 0 Å². The SMILES string of the molecule is CCO/C=C1\SC(N)=C(c2cccc(C(F)(F)F)c2)C1=O. The Morgan fingerprint density at radius 1 is 1.38 bits per heavy atom. The molecule has 0 atom stereocenters. The van der Waals surface area contributed by atoms with Crippen LogP contribution < -0.4 is 5.73 Å². The van der Waals surface area contributed by atoms with Gasteiger partial charge in [0.05, 0.1) is 27.7 Å². The van der Waals surface area contributed by atoms with Crippen LogP contribution in [0, 0.1) is 0 Å². The van der Waals surface area contributed by atoms with Gasteiger partial charge in [-0.3, -0.25) is 4.79 Å². The Bertz CT molecular complexity index is 635. The minimum Gasteiger partial charge on any atom is -0.500 e. The van der Waals surface area contributed by atoms with E-state index in [1.165, 1.54) is 18.4 Å². The van der Waals surface area contributed by atoms with E-state index in [0.29, 0.717) is 6.61 Å². The molecule has 0 saturated heterocycles. The third kappa shape index (κ3) is 3.24. The predicted octanol–water partition coefficient (Wildman–Crippen LogP) is 3.53. The molecule has 1 aromatic rings. The first-order valence-electron chi connectivity index (χ1n) is 6.06. The van der Waals surface area contributed by atoms with Crippen molar-refractivity contribution in [2.45, 2.75) is 13.1 Å². The Morgan fingerprint density at radius 2 is 2.10 bits per heavy atom. The predicted molar refractivity (Wildman–Crippen MR) is 74.9 cm³/mol. The van der Waals surface area contributed by atoms with Crippen LogP contribution in [0.1, 0.15) is 18.1 Å². The molecule has 2 N–H and O–H groups in total. The molecule has 0 aliphatic carbocycles. The normalized spacial score (nSPS) is 17.7. The van der Waals surface area contributed by atoms with Crippen LogP contribution in [0.5, 0.6) is 0 Å². The van der Waals surface area contributed by atoms with Gasteiger partial charge < -0.3 is 10.5 Å². The van der Waals surface area contributed by atoms with Gasteiger partial charge in [0.1, 0.15) is 6.26 Å². The molecule has 0 amide bonds. The average molecular weight is 315 g/mol. The zero-order valence-corrected chi connectivity index (χ0v) is 11.8. The number of hydrogen-bond acceptors (Lipinski definition) is 4. The Labute approximate surface area is 123 Å². The number of carbonyl (C=O) groups is 1. The van der Waals surface area contributed by atoms with Gasteiger partial charge in [0, 0.05) is 0 Å². The van der Waals surface area contributed by atoms with Crippen LogP contribution in [0.4, 0.5) is 13.2 Å². The Balaban J connectivity index is 2.39. The van der Waals surface area contributed by atoms with Crippen LogP contribution in [-0.4, -0.2) is 12.4 Å². The highest BCUT2D eigenvalue weighted by Gasteiger charge is 2.33. The number of thioether (sulfide) groups is 1. The first kappa shape index (κ1) is 15.5. The number of hydrogen-bond donors (Lipinski definition) is 1. The Kier molecular flexibility index (Phi) is 4.32. The fourth-order valence-corrected chi connectivity index (χ4v) is 2.67. The maximum absolute atomic E-state index is 12.7. The second kappa shape index (κ2) is 5.85. The van der Waals surface area contributed by atoms with Crippen molar-refractivity contribution in [1.82, 2.24) is 0 Å². The summed E-state index contributed by atoms with van der Waals surface area (Å²) in [6.45, 7) is 2.14. The molecule has 112 valence electrons. The summed E-state index contributed by atoms with van der Waals surface area (Å²) in [5, 5.41) is 0.172. The maximum atomic E-state index is 12.7. The van der Waals surface area contributed by atoms with E-state index >= 15 is 0 Å². The van der Waals surface area contributed by atoms with Crippen LogP contribution >= 0.6 is 11.8 Å². The molecule has 21 heavy (non-hydrogen) atoms. The molecule has 0 bridgehead atoms. The molecule has 1 heterocycles. The summed E-state index contributed by atoms with van der Waals surface area (Å²) in [6, 6.07) is 4.55. The van der Waals surface area contributed by atoms with Crippen molar-refractivity contribution in [2.75, 3.05) is 6.61 Å². The summed E-state index contributed by atoms with van der Waals surface area (Å²) in [6.07, 6.45) is -3.19. The minimum atomic E-state index is -4.47. The summed E-state index contributed by atoms with van der Waals surface area (Å²) >= 11 is 0.993. The lowest BCUT2D eigenvalue weighted by molar-refractivity contribution is -0.137. The molecule has 0 saturated carbocycles. The molecule has 7 heteroatoms. The van der Waals surface area contributed by atoms with Gasteiger partial charge in [-0.1, -0.05) is 23.9 Å². The molecule has 0 unspecified atom stereocenters. The number of nitrogens with two attached hydrogens (primary N) is 1. The van der Waals surface area contributed by atoms with Crippen molar-refractivity contribution < 1.29 is 22.7 Å². The lowest BCUT2D eigenvalue weighted by Crippen LogP contribution is -2.07.